The number of allylic oxidation sites excluding steroid dienone is 4. The van der Waals surface area contributed by atoms with Gasteiger partial charge < -0.3 is 19.2 Å². The van der Waals surface area contributed by atoms with E-state index in [4.69, 9.17) is 14.3 Å². The van der Waals surface area contributed by atoms with Gasteiger partial charge in [0.1, 0.15) is 6.29 Å². The second-order valence-electron chi connectivity index (χ2n) is 8.84. The molecular formula is C28H41NO3. The lowest BCUT2D eigenvalue weighted by Gasteiger charge is -2.21. The maximum absolute atomic E-state index is 8.81. The van der Waals surface area contributed by atoms with Crippen LogP contribution in [0.25, 0.3) is 0 Å². The van der Waals surface area contributed by atoms with Crippen LogP contribution in [0, 0.1) is 11.8 Å². The summed E-state index contributed by atoms with van der Waals surface area (Å²) < 4.78 is 11.8. The largest absolute Gasteiger partial charge is 0.493 e. The number of hydrogen-bond donors (Lipinski definition) is 0. The third-order valence-corrected chi connectivity index (χ3v) is 6.12. The molecule has 3 rings (SSSR count). The molecule has 0 radical (unpaired) electrons. The first-order valence-corrected chi connectivity index (χ1v) is 12.0. The van der Waals surface area contributed by atoms with Gasteiger partial charge in [0, 0.05) is 31.5 Å². The Morgan fingerprint density at radius 2 is 1.81 bits per heavy atom. The molecule has 0 amide bonds. The smallest absolute Gasteiger partial charge is 0.161 e. The van der Waals surface area contributed by atoms with E-state index in [-0.39, 0.29) is 6.10 Å². The van der Waals surface area contributed by atoms with E-state index < -0.39 is 0 Å². The van der Waals surface area contributed by atoms with Gasteiger partial charge in [0.15, 0.2) is 11.5 Å². The molecule has 0 N–H and O–H groups in total. The predicted octanol–water partition coefficient (Wildman–Crippen LogP) is 6.19. The number of methoxy groups -OCH3 is 1. The topological polar surface area (TPSA) is 38.8 Å². The molecule has 0 spiro atoms. The number of rotatable bonds is 9. The van der Waals surface area contributed by atoms with Gasteiger partial charge in [-0.25, -0.2) is 0 Å². The van der Waals surface area contributed by atoms with Crippen LogP contribution in [-0.2, 0) is 4.79 Å². The Kier molecular flexibility index (Phi) is 11.3. The molecule has 0 aromatic heterocycles. The Labute approximate surface area is 195 Å². The van der Waals surface area contributed by atoms with Crippen molar-refractivity contribution in [3.63, 3.8) is 0 Å². The standard InChI is InChI=1S/C26H37NO2.C2H4O/c1-5-6-11-21(3)29-26-16-23(14-15-25(26)28-4)24-19-27(17-20(24)2)18-22-12-9-7-8-10-13-22;1-2-3/h7-10,12-16,20-22,24H,5-6,11,17-19H2,1-4H3;2H,1H3/t20-,21?,24+;/m0./s1. The number of aldehydes is 1. The second kappa shape index (κ2) is 13.9. The number of nitrogens with zero attached hydrogens (tertiary/aromatic N) is 1. The zero-order chi connectivity index (χ0) is 23.3. The Balaban J connectivity index is 0.00000114. The van der Waals surface area contributed by atoms with Crippen molar-refractivity contribution in [2.45, 2.75) is 59.0 Å². The number of likely N-dealkylation sites (tertiary alicyclic amines) is 1. The number of hydrogen-bond acceptors (Lipinski definition) is 4. The minimum atomic E-state index is 0.207. The number of ether oxygens (including phenoxy) is 2. The highest BCUT2D eigenvalue weighted by Crippen LogP contribution is 2.38. The van der Waals surface area contributed by atoms with Crippen molar-refractivity contribution in [2.75, 3.05) is 26.7 Å². The molecule has 1 aromatic carbocycles. The number of benzene rings is 1. The first-order valence-electron chi connectivity index (χ1n) is 12.0. The summed E-state index contributed by atoms with van der Waals surface area (Å²) in [5.74, 6) is 3.38. The molecule has 1 unspecified atom stereocenters. The maximum atomic E-state index is 8.81. The Morgan fingerprint density at radius 3 is 2.44 bits per heavy atom. The van der Waals surface area contributed by atoms with Gasteiger partial charge in [0.05, 0.1) is 13.2 Å². The van der Waals surface area contributed by atoms with Gasteiger partial charge in [-0.05, 0) is 43.9 Å². The Hall–Kier alpha value is -2.33. The third kappa shape index (κ3) is 7.98. The molecule has 1 aliphatic heterocycles. The van der Waals surface area contributed by atoms with Crippen molar-refractivity contribution in [3.8, 4) is 11.5 Å². The summed E-state index contributed by atoms with van der Waals surface area (Å²) in [6.07, 6.45) is 17.6. The van der Waals surface area contributed by atoms with E-state index in [0.717, 1.165) is 43.8 Å². The minimum absolute atomic E-state index is 0.207. The molecule has 4 heteroatoms. The van der Waals surface area contributed by atoms with Crippen LogP contribution in [0.1, 0.15) is 58.4 Å². The van der Waals surface area contributed by atoms with E-state index in [1.54, 1.807) is 7.11 Å². The minimum Gasteiger partial charge on any atom is -0.493 e. The normalized spacial score (nSPS) is 21.5. The highest BCUT2D eigenvalue weighted by atomic mass is 16.5. The lowest BCUT2D eigenvalue weighted by Crippen LogP contribution is -2.26. The van der Waals surface area contributed by atoms with Crippen molar-refractivity contribution < 1.29 is 14.3 Å². The van der Waals surface area contributed by atoms with Gasteiger partial charge in [-0.2, -0.15) is 0 Å². The van der Waals surface area contributed by atoms with Crippen molar-refractivity contribution in [1.82, 2.24) is 4.90 Å². The zero-order valence-electron chi connectivity index (χ0n) is 20.5. The van der Waals surface area contributed by atoms with Gasteiger partial charge in [-0.1, -0.05) is 69.2 Å². The van der Waals surface area contributed by atoms with E-state index in [2.05, 4.69) is 80.3 Å². The van der Waals surface area contributed by atoms with Crippen LogP contribution in [0.3, 0.4) is 0 Å². The van der Waals surface area contributed by atoms with Crippen LogP contribution in [0.15, 0.2) is 54.7 Å². The molecule has 1 saturated heterocycles. The van der Waals surface area contributed by atoms with Crippen molar-refractivity contribution >= 4 is 6.29 Å². The fourth-order valence-electron chi connectivity index (χ4n) is 4.46. The molecule has 1 aliphatic carbocycles. The fraction of sp³-hybridized carbons (Fsp3) is 0.536. The maximum Gasteiger partial charge on any atom is 0.161 e. The van der Waals surface area contributed by atoms with Gasteiger partial charge in [-0.15, -0.1) is 0 Å². The fourth-order valence-corrected chi connectivity index (χ4v) is 4.46. The van der Waals surface area contributed by atoms with Crippen molar-refractivity contribution in [2.24, 2.45) is 11.8 Å². The van der Waals surface area contributed by atoms with Gasteiger partial charge in [0.2, 0.25) is 0 Å². The van der Waals surface area contributed by atoms with Crippen LogP contribution >= 0.6 is 0 Å². The third-order valence-electron chi connectivity index (χ3n) is 6.12. The van der Waals surface area contributed by atoms with Crippen LogP contribution in [0.4, 0.5) is 0 Å². The van der Waals surface area contributed by atoms with Gasteiger partial charge in [-0.3, -0.25) is 0 Å². The molecule has 2 aliphatic rings. The van der Waals surface area contributed by atoms with Crippen LogP contribution < -0.4 is 9.47 Å². The SMILES string of the molecule is CC=O.CCCCC(C)Oc1cc([C@@H]2CN(CC3C=CC=CC=C3)C[C@@H]2C)ccc1OC. The number of carbonyl (C=O) groups excluding carboxylic acids is 1. The van der Waals surface area contributed by atoms with E-state index in [1.807, 2.05) is 0 Å². The lowest BCUT2D eigenvalue weighted by molar-refractivity contribution is -0.106. The van der Waals surface area contributed by atoms with Crippen molar-refractivity contribution in [3.05, 3.63) is 60.2 Å². The Morgan fingerprint density at radius 1 is 1.12 bits per heavy atom. The summed E-state index contributed by atoms with van der Waals surface area (Å²) in [6.45, 7) is 11.5. The molecule has 0 saturated carbocycles. The van der Waals surface area contributed by atoms with Gasteiger partial charge >= 0.3 is 0 Å². The lowest BCUT2D eigenvalue weighted by atomic mass is 9.90. The average Bonchev–Trinajstić information content (AvgIpc) is 2.96. The van der Waals surface area contributed by atoms with Gasteiger partial charge in [0.25, 0.3) is 0 Å². The quantitative estimate of drug-likeness (QED) is 0.430. The molecule has 1 aromatic rings. The average molecular weight is 440 g/mol. The molecule has 0 bridgehead atoms. The monoisotopic (exact) mass is 439 g/mol. The molecule has 176 valence electrons. The van der Waals surface area contributed by atoms with Crippen LogP contribution in [0.5, 0.6) is 11.5 Å². The van der Waals surface area contributed by atoms with Crippen LogP contribution in [0.2, 0.25) is 0 Å². The van der Waals surface area contributed by atoms with E-state index in [9.17, 15) is 0 Å². The second-order valence-corrected chi connectivity index (χ2v) is 8.84. The molecule has 32 heavy (non-hydrogen) atoms. The molecule has 4 nitrogen and oxygen atoms in total. The van der Waals surface area contributed by atoms with E-state index in [1.165, 1.54) is 25.3 Å². The zero-order valence-corrected chi connectivity index (χ0v) is 20.5. The highest BCUT2D eigenvalue weighted by Gasteiger charge is 2.32. The van der Waals surface area contributed by atoms with E-state index in [0.29, 0.717) is 17.8 Å². The highest BCUT2D eigenvalue weighted by molar-refractivity contribution is 5.45. The van der Waals surface area contributed by atoms with E-state index >= 15 is 0 Å². The summed E-state index contributed by atoms with van der Waals surface area (Å²) in [6, 6.07) is 6.53. The summed E-state index contributed by atoms with van der Waals surface area (Å²) in [7, 11) is 1.72. The first kappa shape index (κ1) is 25.9. The summed E-state index contributed by atoms with van der Waals surface area (Å²) >= 11 is 0. The molecule has 1 heterocycles. The molecular weight excluding hydrogens is 398 g/mol. The van der Waals surface area contributed by atoms with Crippen molar-refractivity contribution in [1.29, 1.82) is 0 Å². The molecule has 3 atom stereocenters. The van der Waals surface area contributed by atoms with Crippen LogP contribution in [-0.4, -0.2) is 44.0 Å². The predicted molar refractivity (Wildman–Crippen MR) is 134 cm³/mol. The summed E-state index contributed by atoms with van der Waals surface area (Å²) in [4.78, 5) is 11.4. The summed E-state index contributed by atoms with van der Waals surface area (Å²) in [5, 5.41) is 0. The molecule has 1 fully saturated rings. The first-order chi connectivity index (χ1) is 15.5. The Bertz CT molecular complexity index is 767. The number of unbranched alkanes of at least 4 members (excludes halogenated alkanes) is 1. The summed E-state index contributed by atoms with van der Waals surface area (Å²) in [5.41, 5.74) is 1.37. The number of carbonyl (C=O) groups is 1.